The van der Waals surface area contributed by atoms with Crippen molar-refractivity contribution < 1.29 is 4.79 Å². The molecule has 1 aromatic heterocycles. The molecule has 0 aliphatic carbocycles. The van der Waals surface area contributed by atoms with E-state index in [9.17, 15) is 4.79 Å². The molecule has 0 unspecified atom stereocenters. The van der Waals surface area contributed by atoms with E-state index in [2.05, 4.69) is 48.0 Å². The lowest BCUT2D eigenvalue weighted by Gasteiger charge is -2.04. The standard InChI is InChI=1S/C21H23N3O/c1-14-9-10-17(11-15(14)2)12-21(25)23-22-13-19-16(3)24(4)20-8-6-5-7-18(19)20/h5-11,13H,12H2,1-4H3,(H,23,25)/b22-13-. The Balaban J connectivity index is 1.72. The van der Waals surface area contributed by atoms with Crippen LogP contribution in [-0.2, 0) is 18.3 Å². The highest BCUT2D eigenvalue weighted by Gasteiger charge is 2.09. The largest absolute Gasteiger partial charge is 0.347 e. The Bertz CT molecular complexity index is 967. The van der Waals surface area contributed by atoms with Gasteiger partial charge in [0.15, 0.2) is 0 Å². The topological polar surface area (TPSA) is 46.4 Å². The van der Waals surface area contributed by atoms with Gasteiger partial charge in [0.25, 0.3) is 0 Å². The van der Waals surface area contributed by atoms with E-state index in [1.165, 1.54) is 11.1 Å². The normalized spacial score (nSPS) is 11.4. The van der Waals surface area contributed by atoms with Gasteiger partial charge in [-0.15, -0.1) is 0 Å². The lowest BCUT2D eigenvalue weighted by atomic mass is 10.0. The number of fused-ring (bicyclic) bond motifs is 1. The molecule has 2 aromatic carbocycles. The molecule has 0 fully saturated rings. The van der Waals surface area contributed by atoms with E-state index in [1.807, 2.05) is 37.4 Å². The Morgan fingerprint density at radius 2 is 1.88 bits per heavy atom. The third kappa shape index (κ3) is 3.48. The quantitative estimate of drug-likeness (QED) is 0.573. The smallest absolute Gasteiger partial charge is 0.244 e. The number of nitrogens with zero attached hydrogens (tertiary/aromatic N) is 2. The monoisotopic (exact) mass is 333 g/mol. The highest BCUT2D eigenvalue weighted by molar-refractivity contribution is 6.01. The van der Waals surface area contributed by atoms with Gasteiger partial charge in [-0.05, 0) is 43.5 Å². The summed E-state index contributed by atoms with van der Waals surface area (Å²) in [5.41, 5.74) is 9.36. The van der Waals surface area contributed by atoms with Crippen LogP contribution < -0.4 is 5.43 Å². The number of hydrazone groups is 1. The van der Waals surface area contributed by atoms with E-state index in [-0.39, 0.29) is 5.91 Å². The van der Waals surface area contributed by atoms with E-state index < -0.39 is 0 Å². The molecule has 0 aliphatic rings. The highest BCUT2D eigenvalue weighted by atomic mass is 16.2. The second-order valence-electron chi connectivity index (χ2n) is 6.46. The van der Waals surface area contributed by atoms with Crippen LogP contribution >= 0.6 is 0 Å². The third-order valence-corrected chi connectivity index (χ3v) is 4.77. The molecule has 1 N–H and O–H groups in total. The molecule has 3 aromatic rings. The number of rotatable bonds is 4. The van der Waals surface area contributed by atoms with Crippen molar-refractivity contribution in [2.24, 2.45) is 12.1 Å². The molecule has 0 bridgehead atoms. The van der Waals surface area contributed by atoms with Crippen LogP contribution in [0.5, 0.6) is 0 Å². The first kappa shape index (κ1) is 17.0. The summed E-state index contributed by atoms with van der Waals surface area (Å²) in [5, 5.41) is 5.30. The van der Waals surface area contributed by atoms with Crippen molar-refractivity contribution in [2.75, 3.05) is 0 Å². The molecule has 0 saturated carbocycles. The molecular formula is C21H23N3O. The van der Waals surface area contributed by atoms with E-state index in [4.69, 9.17) is 0 Å². The fourth-order valence-corrected chi connectivity index (χ4v) is 3.02. The zero-order valence-electron chi connectivity index (χ0n) is 15.1. The molecule has 3 rings (SSSR count). The van der Waals surface area contributed by atoms with E-state index >= 15 is 0 Å². The van der Waals surface area contributed by atoms with Crippen molar-refractivity contribution in [1.29, 1.82) is 0 Å². The van der Waals surface area contributed by atoms with Crippen LogP contribution in [0.25, 0.3) is 10.9 Å². The number of benzene rings is 2. The van der Waals surface area contributed by atoms with Gasteiger partial charge in [0.1, 0.15) is 0 Å². The lowest BCUT2D eigenvalue weighted by molar-refractivity contribution is -0.120. The molecule has 4 nitrogen and oxygen atoms in total. The molecule has 4 heteroatoms. The predicted octanol–water partition coefficient (Wildman–Crippen LogP) is 3.80. The minimum absolute atomic E-state index is 0.114. The Morgan fingerprint density at radius 3 is 2.64 bits per heavy atom. The van der Waals surface area contributed by atoms with Gasteiger partial charge in [0.2, 0.25) is 5.91 Å². The average Bonchev–Trinajstić information content (AvgIpc) is 2.83. The van der Waals surface area contributed by atoms with Crippen molar-refractivity contribution in [3.05, 3.63) is 70.4 Å². The summed E-state index contributed by atoms with van der Waals surface area (Å²) >= 11 is 0. The number of hydrogen-bond acceptors (Lipinski definition) is 2. The van der Waals surface area contributed by atoms with Crippen molar-refractivity contribution in [2.45, 2.75) is 27.2 Å². The fraction of sp³-hybridized carbons (Fsp3) is 0.238. The first-order valence-electron chi connectivity index (χ1n) is 8.39. The van der Waals surface area contributed by atoms with Crippen molar-refractivity contribution in [3.63, 3.8) is 0 Å². The third-order valence-electron chi connectivity index (χ3n) is 4.77. The SMILES string of the molecule is Cc1ccc(CC(=O)N/N=C\c2c(C)n(C)c3ccccc23)cc1C. The average molecular weight is 333 g/mol. The van der Waals surface area contributed by atoms with Crippen LogP contribution in [0.2, 0.25) is 0 Å². The Kier molecular flexibility index (Phi) is 4.70. The van der Waals surface area contributed by atoms with Gasteiger partial charge in [0.05, 0.1) is 12.6 Å². The molecule has 0 aliphatic heterocycles. The molecular weight excluding hydrogens is 310 g/mol. The minimum Gasteiger partial charge on any atom is -0.347 e. The van der Waals surface area contributed by atoms with Crippen molar-refractivity contribution >= 4 is 23.0 Å². The van der Waals surface area contributed by atoms with Crippen LogP contribution in [0.1, 0.15) is 27.9 Å². The zero-order chi connectivity index (χ0) is 18.0. The van der Waals surface area contributed by atoms with Gasteiger partial charge < -0.3 is 4.57 Å². The number of hydrogen-bond donors (Lipinski definition) is 1. The second-order valence-corrected chi connectivity index (χ2v) is 6.46. The molecule has 1 heterocycles. The summed E-state index contributed by atoms with van der Waals surface area (Å²) in [4.78, 5) is 12.1. The summed E-state index contributed by atoms with van der Waals surface area (Å²) in [5.74, 6) is -0.114. The molecule has 1 amide bonds. The summed E-state index contributed by atoms with van der Waals surface area (Å²) in [6.45, 7) is 6.17. The minimum atomic E-state index is -0.114. The lowest BCUT2D eigenvalue weighted by Crippen LogP contribution is -2.19. The van der Waals surface area contributed by atoms with Crippen molar-refractivity contribution in [1.82, 2.24) is 9.99 Å². The number of amides is 1. The van der Waals surface area contributed by atoms with E-state index in [0.717, 1.165) is 27.7 Å². The first-order valence-corrected chi connectivity index (χ1v) is 8.39. The number of carbonyl (C=O) groups excluding carboxylic acids is 1. The first-order chi connectivity index (χ1) is 12.0. The van der Waals surface area contributed by atoms with Crippen LogP contribution in [-0.4, -0.2) is 16.7 Å². The summed E-state index contributed by atoms with van der Waals surface area (Å²) in [6.07, 6.45) is 2.06. The number of aromatic nitrogens is 1. The van der Waals surface area contributed by atoms with Gasteiger partial charge in [-0.25, -0.2) is 5.43 Å². The van der Waals surface area contributed by atoms with Gasteiger partial charge in [0, 0.05) is 29.2 Å². The molecule has 0 radical (unpaired) electrons. The maximum atomic E-state index is 12.1. The van der Waals surface area contributed by atoms with Gasteiger partial charge in [-0.2, -0.15) is 5.10 Å². The molecule has 0 saturated heterocycles. The van der Waals surface area contributed by atoms with Crippen LogP contribution in [0.15, 0.2) is 47.6 Å². The maximum Gasteiger partial charge on any atom is 0.244 e. The number of carbonyl (C=O) groups is 1. The highest BCUT2D eigenvalue weighted by Crippen LogP contribution is 2.22. The van der Waals surface area contributed by atoms with Gasteiger partial charge in [-0.3, -0.25) is 4.79 Å². The van der Waals surface area contributed by atoms with E-state index in [1.54, 1.807) is 6.21 Å². The second kappa shape index (κ2) is 6.93. The Hall–Kier alpha value is -2.88. The summed E-state index contributed by atoms with van der Waals surface area (Å²) < 4.78 is 2.13. The number of nitrogens with one attached hydrogen (secondary N) is 1. The predicted molar refractivity (Wildman–Crippen MR) is 103 cm³/mol. The van der Waals surface area contributed by atoms with Gasteiger partial charge >= 0.3 is 0 Å². The summed E-state index contributed by atoms with van der Waals surface area (Å²) in [6, 6.07) is 14.3. The van der Waals surface area contributed by atoms with Crippen LogP contribution in [0, 0.1) is 20.8 Å². The molecule has 25 heavy (non-hydrogen) atoms. The fourth-order valence-electron chi connectivity index (χ4n) is 3.02. The zero-order valence-corrected chi connectivity index (χ0v) is 15.1. The van der Waals surface area contributed by atoms with Crippen molar-refractivity contribution in [3.8, 4) is 0 Å². The summed E-state index contributed by atoms with van der Waals surface area (Å²) in [7, 11) is 2.04. The Morgan fingerprint density at radius 1 is 1.12 bits per heavy atom. The molecule has 128 valence electrons. The molecule has 0 spiro atoms. The van der Waals surface area contributed by atoms with Crippen LogP contribution in [0.3, 0.4) is 0 Å². The van der Waals surface area contributed by atoms with E-state index in [0.29, 0.717) is 6.42 Å². The van der Waals surface area contributed by atoms with Gasteiger partial charge in [-0.1, -0.05) is 36.4 Å². The Labute approximate surface area is 148 Å². The number of para-hydroxylation sites is 1. The van der Waals surface area contributed by atoms with Crippen LogP contribution in [0.4, 0.5) is 0 Å². The maximum absolute atomic E-state index is 12.1. The number of aryl methyl sites for hydroxylation is 3. The molecule has 0 atom stereocenters.